The average molecular weight is 246 g/mol. The van der Waals surface area contributed by atoms with Crippen LogP contribution < -0.4 is 0 Å². The van der Waals surface area contributed by atoms with Crippen molar-refractivity contribution < 1.29 is 23.6 Å². The number of pyridine rings is 1. The SMILES string of the molecule is Cc1cc(CC(=O)O)c(C(F)F)c([N+](=O)[O-])n1. The van der Waals surface area contributed by atoms with Crippen LogP contribution in [-0.2, 0) is 11.2 Å². The number of nitrogens with zero attached hydrogens (tertiary/aromatic N) is 2. The van der Waals surface area contributed by atoms with Gasteiger partial charge < -0.3 is 15.2 Å². The third-order valence-corrected chi connectivity index (χ3v) is 1.99. The number of aromatic nitrogens is 1. The van der Waals surface area contributed by atoms with E-state index in [4.69, 9.17) is 5.11 Å². The molecule has 0 unspecified atom stereocenters. The highest BCUT2D eigenvalue weighted by atomic mass is 19.3. The van der Waals surface area contributed by atoms with E-state index in [-0.39, 0.29) is 11.3 Å². The molecule has 0 fully saturated rings. The molecule has 1 rings (SSSR count). The van der Waals surface area contributed by atoms with E-state index in [1.807, 2.05) is 0 Å². The minimum absolute atomic E-state index is 0.123. The zero-order valence-electron chi connectivity index (χ0n) is 8.68. The number of hydrogen-bond donors (Lipinski definition) is 1. The van der Waals surface area contributed by atoms with E-state index in [2.05, 4.69) is 4.98 Å². The standard InChI is InChI=1S/C9H8F2N2O4/c1-4-2-5(3-6(14)15)7(8(10)11)9(12-4)13(16)17/h2,8H,3H2,1H3,(H,14,15). The highest BCUT2D eigenvalue weighted by Gasteiger charge is 2.28. The van der Waals surface area contributed by atoms with Gasteiger partial charge in [0.1, 0.15) is 11.3 Å². The summed E-state index contributed by atoms with van der Waals surface area (Å²) in [6.07, 6.45) is -3.85. The van der Waals surface area contributed by atoms with Crippen LogP contribution in [-0.4, -0.2) is 21.0 Å². The second-order valence-corrected chi connectivity index (χ2v) is 3.29. The number of halogens is 2. The minimum atomic E-state index is -3.14. The molecule has 1 N–H and O–H groups in total. The lowest BCUT2D eigenvalue weighted by molar-refractivity contribution is -0.391. The van der Waals surface area contributed by atoms with E-state index in [1.54, 1.807) is 0 Å². The van der Waals surface area contributed by atoms with Gasteiger partial charge in [-0.25, -0.2) is 8.78 Å². The lowest BCUT2D eigenvalue weighted by Gasteiger charge is -2.07. The maximum Gasteiger partial charge on any atom is 0.372 e. The van der Waals surface area contributed by atoms with Crippen molar-refractivity contribution in [3.8, 4) is 0 Å². The molecule has 0 atom stereocenters. The molecule has 0 amide bonds. The Bertz CT molecular complexity index is 476. The van der Waals surface area contributed by atoms with Crippen molar-refractivity contribution in [1.82, 2.24) is 4.98 Å². The molecule has 0 saturated carbocycles. The summed E-state index contributed by atoms with van der Waals surface area (Å²) in [6, 6.07) is 1.11. The van der Waals surface area contributed by atoms with Gasteiger partial charge in [0.2, 0.25) is 0 Å². The van der Waals surface area contributed by atoms with Crippen molar-refractivity contribution in [3.63, 3.8) is 0 Å². The van der Waals surface area contributed by atoms with Crippen LogP contribution in [0.1, 0.15) is 23.2 Å². The first kappa shape index (κ1) is 12.9. The molecular weight excluding hydrogens is 238 g/mol. The van der Waals surface area contributed by atoms with Crippen LogP contribution in [0, 0.1) is 17.0 Å². The molecular formula is C9H8F2N2O4. The molecule has 0 saturated heterocycles. The zero-order valence-corrected chi connectivity index (χ0v) is 8.68. The molecule has 17 heavy (non-hydrogen) atoms. The van der Waals surface area contributed by atoms with Gasteiger partial charge in [-0.3, -0.25) is 4.79 Å². The Morgan fingerprint density at radius 1 is 1.65 bits per heavy atom. The summed E-state index contributed by atoms with van der Waals surface area (Å²) in [4.78, 5) is 23.4. The van der Waals surface area contributed by atoms with E-state index in [0.717, 1.165) is 6.07 Å². The minimum Gasteiger partial charge on any atom is -0.481 e. The Kier molecular flexibility index (Phi) is 3.66. The summed E-state index contributed by atoms with van der Waals surface area (Å²) >= 11 is 0. The first-order valence-electron chi connectivity index (χ1n) is 4.47. The largest absolute Gasteiger partial charge is 0.481 e. The van der Waals surface area contributed by atoms with Gasteiger partial charge in [0, 0.05) is 6.92 Å². The van der Waals surface area contributed by atoms with E-state index < -0.39 is 35.1 Å². The van der Waals surface area contributed by atoms with Gasteiger partial charge in [-0.05, 0) is 21.5 Å². The highest BCUT2D eigenvalue weighted by Crippen LogP contribution is 2.31. The van der Waals surface area contributed by atoms with Crippen LogP contribution in [0.4, 0.5) is 14.6 Å². The summed E-state index contributed by atoms with van der Waals surface area (Å²) in [5.41, 5.74) is -1.09. The Morgan fingerprint density at radius 2 is 2.24 bits per heavy atom. The molecule has 0 aliphatic rings. The Hall–Kier alpha value is -2.12. The smallest absolute Gasteiger partial charge is 0.372 e. The average Bonchev–Trinajstić information content (AvgIpc) is 2.14. The number of carboxylic acid groups (broad SMARTS) is 1. The molecule has 0 aliphatic heterocycles. The Labute approximate surface area is 94.1 Å². The summed E-state index contributed by atoms with van der Waals surface area (Å²) in [5, 5.41) is 19.1. The van der Waals surface area contributed by atoms with Crippen LogP contribution in [0.5, 0.6) is 0 Å². The van der Waals surface area contributed by atoms with Gasteiger partial charge in [0.15, 0.2) is 0 Å². The summed E-state index contributed by atoms with van der Waals surface area (Å²) in [7, 11) is 0. The summed E-state index contributed by atoms with van der Waals surface area (Å²) < 4.78 is 25.4. The number of carboxylic acids is 1. The molecule has 1 heterocycles. The van der Waals surface area contributed by atoms with Gasteiger partial charge in [0.25, 0.3) is 6.43 Å². The molecule has 0 aromatic carbocycles. The highest BCUT2D eigenvalue weighted by molar-refractivity contribution is 5.71. The van der Waals surface area contributed by atoms with Crippen molar-refractivity contribution in [2.24, 2.45) is 0 Å². The van der Waals surface area contributed by atoms with Gasteiger partial charge in [-0.15, -0.1) is 0 Å². The van der Waals surface area contributed by atoms with Gasteiger partial charge in [-0.1, -0.05) is 0 Å². The molecule has 0 radical (unpaired) electrons. The summed E-state index contributed by atoms with van der Waals surface area (Å²) in [5.74, 6) is -2.33. The normalized spacial score (nSPS) is 10.6. The number of alkyl halides is 2. The molecule has 8 heteroatoms. The predicted molar refractivity (Wildman–Crippen MR) is 51.9 cm³/mol. The topological polar surface area (TPSA) is 93.3 Å². The van der Waals surface area contributed by atoms with Crippen LogP contribution in [0.2, 0.25) is 0 Å². The van der Waals surface area contributed by atoms with Crippen molar-refractivity contribution in [2.75, 3.05) is 0 Å². The number of hydrogen-bond acceptors (Lipinski definition) is 4. The predicted octanol–water partition coefficient (Wildman–Crippen LogP) is 1.86. The van der Waals surface area contributed by atoms with Crippen LogP contribution in [0.25, 0.3) is 0 Å². The van der Waals surface area contributed by atoms with Crippen molar-refractivity contribution in [3.05, 3.63) is 33.0 Å². The lowest BCUT2D eigenvalue weighted by Crippen LogP contribution is -2.09. The van der Waals surface area contributed by atoms with E-state index in [1.165, 1.54) is 6.92 Å². The molecule has 1 aromatic heterocycles. The molecule has 92 valence electrons. The second kappa shape index (κ2) is 4.81. The third-order valence-electron chi connectivity index (χ3n) is 1.99. The summed E-state index contributed by atoms with van der Waals surface area (Å²) in [6.45, 7) is 1.37. The molecule has 0 aliphatic carbocycles. The second-order valence-electron chi connectivity index (χ2n) is 3.29. The van der Waals surface area contributed by atoms with E-state index >= 15 is 0 Å². The van der Waals surface area contributed by atoms with Gasteiger partial charge >= 0.3 is 11.8 Å². The number of nitro groups is 1. The fourth-order valence-electron chi connectivity index (χ4n) is 1.42. The zero-order chi connectivity index (χ0) is 13.2. The van der Waals surface area contributed by atoms with Crippen molar-refractivity contribution >= 4 is 11.8 Å². The maximum absolute atomic E-state index is 12.7. The number of rotatable bonds is 4. The third kappa shape index (κ3) is 2.92. The van der Waals surface area contributed by atoms with Crippen LogP contribution in [0.15, 0.2) is 6.07 Å². The quantitative estimate of drug-likeness (QED) is 0.646. The monoisotopic (exact) mass is 246 g/mol. The van der Waals surface area contributed by atoms with Gasteiger partial charge in [0.05, 0.1) is 6.42 Å². The molecule has 1 aromatic rings. The lowest BCUT2D eigenvalue weighted by atomic mass is 10.1. The molecule has 0 bridgehead atoms. The Morgan fingerprint density at radius 3 is 2.65 bits per heavy atom. The molecule has 0 spiro atoms. The van der Waals surface area contributed by atoms with E-state index in [0.29, 0.717) is 0 Å². The van der Waals surface area contributed by atoms with Crippen LogP contribution >= 0.6 is 0 Å². The van der Waals surface area contributed by atoms with Gasteiger partial charge in [-0.2, -0.15) is 0 Å². The maximum atomic E-state index is 12.7. The first-order chi connectivity index (χ1) is 7.82. The van der Waals surface area contributed by atoms with Crippen molar-refractivity contribution in [1.29, 1.82) is 0 Å². The van der Waals surface area contributed by atoms with E-state index in [9.17, 15) is 23.7 Å². The molecule has 6 nitrogen and oxygen atoms in total. The van der Waals surface area contributed by atoms with Crippen molar-refractivity contribution in [2.45, 2.75) is 19.8 Å². The number of aliphatic carboxylic acids is 1. The number of carbonyl (C=O) groups is 1. The first-order valence-corrected chi connectivity index (χ1v) is 4.47. The Balaban J connectivity index is 3.45. The van der Waals surface area contributed by atoms with Crippen LogP contribution in [0.3, 0.4) is 0 Å². The number of aryl methyl sites for hydroxylation is 1. The fourth-order valence-corrected chi connectivity index (χ4v) is 1.42. The fraction of sp³-hybridized carbons (Fsp3) is 0.333.